The van der Waals surface area contributed by atoms with Crippen molar-refractivity contribution in [1.82, 2.24) is 0 Å². The molecule has 102 valence electrons. The number of nitrogens with one attached hydrogen (secondary N) is 1. The summed E-state index contributed by atoms with van der Waals surface area (Å²) < 4.78 is 24.7. The third-order valence-electron chi connectivity index (χ3n) is 2.85. The van der Waals surface area contributed by atoms with Gasteiger partial charge in [-0.05, 0) is 23.8 Å². The third-order valence-corrected chi connectivity index (χ3v) is 4.53. The van der Waals surface area contributed by atoms with Crippen LogP contribution in [-0.4, -0.2) is 15.0 Å². The van der Waals surface area contributed by atoms with E-state index in [9.17, 15) is 8.42 Å². The maximum atomic E-state index is 12.4. The number of hydrogen-bond acceptors (Lipinski definition) is 3. The van der Waals surface area contributed by atoms with Crippen LogP contribution in [0.4, 0.5) is 5.69 Å². The van der Waals surface area contributed by atoms with Gasteiger partial charge < -0.3 is 5.32 Å². The normalized spacial score (nSPS) is 10.8. The zero-order valence-electron chi connectivity index (χ0n) is 10.9. The van der Waals surface area contributed by atoms with Gasteiger partial charge in [0.2, 0.25) is 0 Å². The molecule has 0 unspecified atom stereocenters. The summed E-state index contributed by atoms with van der Waals surface area (Å²) in [6.45, 7) is 0.363. The van der Waals surface area contributed by atoms with E-state index in [4.69, 9.17) is 6.42 Å². The highest BCUT2D eigenvalue weighted by atomic mass is 32.2. The van der Waals surface area contributed by atoms with Crippen molar-refractivity contribution in [2.75, 3.05) is 11.9 Å². The number of para-hydroxylation sites is 1. The lowest BCUT2D eigenvalue weighted by atomic mass is 10.2. The molecule has 0 bridgehead atoms. The maximum Gasteiger partial charge on any atom is 0.182 e. The van der Waals surface area contributed by atoms with Gasteiger partial charge in [-0.1, -0.05) is 42.3 Å². The Hall–Kier alpha value is -2.25. The van der Waals surface area contributed by atoms with Crippen LogP contribution in [0.1, 0.15) is 5.56 Å². The van der Waals surface area contributed by atoms with Gasteiger partial charge in [0, 0.05) is 5.69 Å². The van der Waals surface area contributed by atoms with Crippen LogP contribution >= 0.6 is 0 Å². The molecule has 2 aromatic carbocycles. The SMILES string of the molecule is C#CCNc1ccccc1CS(=O)(=O)c1ccccc1. The fourth-order valence-electron chi connectivity index (χ4n) is 1.88. The summed E-state index contributed by atoms with van der Waals surface area (Å²) in [7, 11) is -3.35. The van der Waals surface area contributed by atoms with E-state index in [1.54, 1.807) is 36.4 Å². The van der Waals surface area contributed by atoms with Crippen molar-refractivity contribution in [2.24, 2.45) is 0 Å². The van der Waals surface area contributed by atoms with Crippen LogP contribution in [0.25, 0.3) is 0 Å². The lowest BCUT2D eigenvalue weighted by Gasteiger charge is -2.10. The van der Waals surface area contributed by atoms with E-state index in [-0.39, 0.29) is 5.75 Å². The van der Waals surface area contributed by atoms with Crippen LogP contribution in [0, 0.1) is 12.3 Å². The van der Waals surface area contributed by atoms with Crippen LogP contribution in [0.15, 0.2) is 59.5 Å². The second-order valence-corrected chi connectivity index (χ2v) is 6.28. The lowest BCUT2D eigenvalue weighted by molar-refractivity contribution is 0.595. The van der Waals surface area contributed by atoms with E-state index in [1.807, 2.05) is 18.2 Å². The smallest absolute Gasteiger partial charge is 0.182 e. The summed E-state index contributed by atoms with van der Waals surface area (Å²) in [6, 6.07) is 15.7. The molecule has 20 heavy (non-hydrogen) atoms. The Labute approximate surface area is 119 Å². The minimum Gasteiger partial charge on any atom is -0.374 e. The van der Waals surface area contributed by atoms with Gasteiger partial charge in [-0.15, -0.1) is 6.42 Å². The fraction of sp³-hybridized carbons (Fsp3) is 0.125. The number of hydrogen-bond donors (Lipinski definition) is 1. The predicted octanol–water partition coefficient (Wildman–Crippen LogP) is 2.71. The van der Waals surface area contributed by atoms with Crippen molar-refractivity contribution in [3.05, 3.63) is 60.2 Å². The molecule has 0 spiro atoms. The van der Waals surface area contributed by atoms with E-state index < -0.39 is 9.84 Å². The molecule has 0 aliphatic rings. The largest absolute Gasteiger partial charge is 0.374 e. The third kappa shape index (κ3) is 3.40. The molecule has 0 saturated heterocycles. The number of sulfone groups is 1. The van der Waals surface area contributed by atoms with E-state index in [2.05, 4.69) is 11.2 Å². The first-order valence-electron chi connectivity index (χ1n) is 6.16. The van der Waals surface area contributed by atoms with Gasteiger partial charge in [0.15, 0.2) is 9.84 Å². The minimum atomic E-state index is -3.35. The number of rotatable bonds is 5. The zero-order chi connectivity index (χ0) is 14.4. The molecule has 0 aliphatic heterocycles. The summed E-state index contributed by atoms with van der Waals surface area (Å²) >= 11 is 0. The average Bonchev–Trinajstić information content (AvgIpc) is 2.47. The molecule has 0 heterocycles. The molecule has 0 saturated carbocycles. The fourth-order valence-corrected chi connectivity index (χ4v) is 3.28. The Bertz CT molecular complexity index is 716. The van der Waals surface area contributed by atoms with Gasteiger partial charge in [-0.3, -0.25) is 0 Å². The van der Waals surface area contributed by atoms with Crippen molar-refractivity contribution in [2.45, 2.75) is 10.6 Å². The minimum absolute atomic E-state index is 0.0508. The van der Waals surface area contributed by atoms with Crippen LogP contribution in [0.3, 0.4) is 0 Å². The monoisotopic (exact) mass is 285 g/mol. The number of benzene rings is 2. The van der Waals surface area contributed by atoms with E-state index in [1.165, 1.54) is 0 Å². The Balaban J connectivity index is 2.29. The first-order chi connectivity index (χ1) is 9.63. The molecule has 0 aromatic heterocycles. The summed E-state index contributed by atoms with van der Waals surface area (Å²) in [6.07, 6.45) is 5.21. The Morgan fingerprint density at radius 3 is 2.35 bits per heavy atom. The van der Waals surface area contributed by atoms with Crippen LogP contribution in [0.2, 0.25) is 0 Å². The van der Waals surface area contributed by atoms with E-state index in [0.717, 1.165) is 5.69 Å². The highest BCUT2D eigenvalue weighted by Gasteiger charge is 2.16. The second-order valence-electron chi connectivity index (χ2n) is 4.29. The lowest BCUT2D eigenvalue weighted by Crippen LogP contribution is -2.08. The molecule has 0 amide bonds. The molecule has 0 aliphatic carbocycles. The number of anilines is 1. The van der Waals surface area contributed by atoms with Gasteiger partial charge in [-0.2, -0.15) is 0 Å². The Kier molecular flexibility index (Phi) is 4.44. The summed E-state index contributed by atoms with van der Waals surface area (Å²) in [5.41, 5.74) is 1.47. The van der Waals surface area contributed by atoms with Crippen molar-refractivity contribution in [3.63, 3.8) is 0 Å². The van der Waals surface area contributed by atoms with Gasteiger partial charge in [0.1, 0.15) is 0 Å². The van der Waals surface area contributed by atoms with Gasteiger partial charge in [-0.25, -0.2) is 8.42 Å². The molecule has 3 nitrogen and oxygen atoms in total. The second kappa shape index (κ2) is 6.27. The van der Waals surface area contributed by atoms with Crippen molar-refractivity contribution < 1.29 is 8.42 Å². The molecule has 2 aromatic rings. The molecule has 4 heteroatoms. The van der Waals surface area contributed by atoms with Gasteiger partial charge in [0.05, 0.1) is 17.2 Å². The van der Waals surface area contributed by atoms with Gasteiger partial charge in [0.25, 0.3) is 0 Å². The first kappa shape index (κ1) is 14.2. The number of terminal acetylenes is 1. The summed E-state index contributed by atoms with van der Waals surface area (Å²) in [5, 5.41) is 3.04. The molecule has 0 atom stereocenters. The van der Waals surface area contributed by atoms with Crippen molar-refractivity contribution in [1.29, 1.82) is 0 Å². The molecular weight excluding hydrogens is 270 g/mol. The Morgan fingerprint density at radius 2 is 1.65 bits per heavy atom. The first-order valence-corrected chi connectivity index (χ1v) is 7.82. The summed E-state index contributed by atoms with van der Waals surface area (Å²) in [4.78, 5) is 0.326. The van der Waals surface area contributed by atoms with E-state index >= 15 is 0 Å². The quantitative estimate of drug-likeness (QED) is 0.859. The van der Waals surface area contributed by atoms with Gasteiger partial charge >= 0.3 is 0 Å². The molecule has 0 fully saturated rings. The molecule has 0 radical (unpaired) electrons. The maximum absolute atomic E-state index is 12.4. The average molecular weight is 285 g/mol. The zero-order valence-corrected chi connectivity index (χ0v) is 11.7. The highest BCUT2D eigenvalue weighted by molar-refractivity contribution is 7.90. The van der Waals surface area contributed by atoms with Crippen LogP contribution < -0.4 is 5.32 Å². The predicted molar refractivity (Wildman–Crippen MR) is 81.1 cm³/mol. The van der Waals surface area contributed by atoms with Crippen molar-refractivity contribution in [3.8, 4) is 12.3 Å². The van der Waals surface area contributed by atoms with Crippen molar-refractivity contribution >= 4 is 15.5 Å². The van der Waals surface area contributed by atoms with Crippen LogP contribution in [-0.2, 0) is 15.6 Å². The molecule has 1 N–H and O–H groups in total. The highest BCUT2D eigenvalue weighted by Crippen LogP contribution is 2.21. The van der Waals surface area contributed by atoms with E-state index in [0.29, 0.717) is 17.0 Å². The molecule has 2 rings (SSSR count). The Morgan fingerprint density at radius 1 is 1.00 bits per heavy atom. The molecular formula is C16H15NO2S. The topological polar surface area (TPSA) is 46.2 Å². The standard InChI is InChI=1S/C16H15NO2S/c1-2-12-17-16-11-7-6-8-14(16)13-20(18,19)15-9-4-3-5-10-15/h1,3-11,17H,12-13H2. The summed E-state index contributed by atoms with van der Waals surface area (Å²) in [5.74, 6) is 2.43. The van der Waals surface area contributed by atoms with Crippen LogP contribution in [0.5, 0.6) is 0 Å².